The van der Waals surface area contributed by atoms with E-state index in [2.05, 4.69) is 37.3 Å². The van der Waals surface area contributed by atoms with E-state index in [-0.39, 0.29) is 6.61 Å². The van der Waals surface area contributed by atoms with Crippen LogP contribution in [0.25, 0.3) is 11.4 Å². The van der Waals surface area contributed by atoms with E-state index in [1.165, 1.54) is 0 Å². The van der Waals surface area contributed by atoms with Gasteiger partial charge in [-0.25, -0.2) is 5.10 Å². The van der Waals surface area contributed by atoms with Gasteiger partial charge in [0.05, 0.1) is 25.0 Å². The first-order valence-corrected chi connectivity index (χ1v) is 11.1. The molecular formula is C24H18BrN5O2S. The minimum absolute atomic E-state index is 0.241. The van der Waals surface area contributed by atoms with Crippen LogP contribution in [0.1, 0.15) is 16.7 Å². The summed E-state index contributed by atoms with van der Waals surface area (Å²) in [5.74, 6) is 1.68. The highest BCUT2D eigenvalue weighted by atomic mass is 79.9. The first-order chi connectivity index (χ1) is 16.1. The van der Waals surface area contributed by atoms with Gasteiger partial charge in [-0.15, -0.1) is 0 Å². The van der Waals surface area contributed by atoms with Crippen molar-refractivity contribution in [2.75, 3.05) is 7.11 Å². The van der Waals surface area contributed by atoms with Crippen LogP contribution in [0.4, 0.5) is 0 Å². The van der Waals surface area contributed by atoms with Crippen molar-refractivity contribution in [1.82, 2.24) is 14.9 Å². The number of hydrogen-bond acceptors (Lipinski definition) is 6. The number of nitrogens with zero attached hydrogens (tertiary/aromatic N) is 4. The quantitative estimate of drug-likeness (QED) is 0.249. The zero-order chi connectivity index (χ0) is 23.2. The summed E-state index contributed by atoms with van der Waals surface area (Å²) in [5, 5.41) is 20.9. The second-order valence-corrected chi connectivity index (χ2v) is 8.10. The minimum Gasteiger partial charge on any atom is -0.493 e. The maximum Gasteiger partial charge on any atom is 0.216 e. The Bertz CT molecular complexity index is 1410. The van der Waals surface area contributed by atoms with Crippen LogP contribution in [0.2, 0.25) is 0 Å². The van der Waals surface area contributed by atoms with Crippen molar-refractivity contribution < 1.29 is 9.47 Å². The number of benzene rings is 3. The number of hydrogen-bond donors (Lipinski definition) is 1. The molecule has 0 atom stereocenters. The van der Waals surface area contributed by atoms with Crippen LogP contribution in [0, 0.1) is 16.1 Å². The van der Waals surface area contributed by atoms with Crippen LogP contribution in [0.5, 0.6) is 11.5 Å². The number of ether oxygens (including phenoxy) is 2. The van der Waals surface area contributed by atoms with Crippen molar-refractivity contribution in [1.29, 1.82) is 5.26 Å². The van der Waals surface area contributed by atoms with Gasteiger partial charge in [-0.05, 0) is 46.3 Å². The molecule has 0 bridgehead atoms. The van der Waals surface area contributed by atoms with E-state index in [1.54, 1.807) is 24.1 Å². The van der Waals surface area contributed by atoms with Gasteiger partial charge in [-0.3, -0.25) is 0 Å². The largest absolute Gasteiger partial charge is 0.493 e. The van der Waals surface area contributed by atoms with Gasteiger partial charge in [-0.2, -0.15) is 20.1 Å². The summed E-state index contributed by atoms with van der Waals surface area (Å²) in [6.07, 6.45) is 1.67. The van der Waals surface area contributed by atoms with Crippen LogP contribution in [-0.4, -0.2) is 28.2 Å². The van der Waals surface area contributed by atoms with Crippen molar-refractivity contribution in [3.05, 3.63) is 92.7 Å². The van der Waals surface area contributed by atoms with Crippen LogP contribution in [-0.2, 0) is 6.61 Å². The van der Waals surface area contributed by atoms with Gasteiger partial charge in [0.25, 0.3) is 0 Å². The molecule has 0 amide bonds. The number of nitrogens with one attached hydrogen (secondary N) is 1. The molecule has 0 saturated carbocycles. The molecule has 1 heterocycles. The third kappa shape index (κ3) is 5.03. The van der Waals surface area contributed by atoms with Crippen molar-refractivity contribution in [3.63, 3.8) is 0 Å². The van der Waals surface area contributed by atoms with Gasteiger partial charge in [-0.1, -0.05) is 48.5 Å². The van der Waals surface area contributed by atoms with Gasteiger partial charge in [0, 0.05) is 21.2 Å². The number of aromatic amines is 1. The van der Waals surface area contributed by atoms with E-state index in [0.717, 1.165) is 21.2 Å². The molecule has 1 N–H and O–H groups in total. The van der Waals surface area contributed by atoms with Gasteiger partial charge in [0.15, 0.2) is 17.3 Å². The van der Waals surface area contributed by atoms with Crippen LogP contribution in [0.15, 0.2) is 76.3 Å². The second kappa shape index (κ2) is 10.3. The molecule has 0 unspecified atom stereocenters. The molecule has 0 spiro atoms. The van der Waals surface area contributed by atoms with E-state index in [0.29, 0.717) is 27.7 Å². The normalized spacial score (nSPS) is 10.8. The average Bonchev–Trinajstić information content (AvgIpc) is 3.22. The molecular weight excluding hydrogens is 502 g/mol. The molecule has 0 aliphatic carbocycles. The third-order valence-corrected chi connectivity index (χ3v) is 5.75. The van der Waals surface area contributed by atoms with E-state index in [1.807, 2.05) is 60.7 Å². The second-order valence-electron chi connectivity index (χ2n) is 6.86. The van der Waals surface area contributed by atoms with E-state index in [4.69, 9.17) is 21.7 Å². The highest BCUT2D eigenvalue weighted by Crippen LogP contribution is 2.33. The lowest BCUT2D eigenvalue weighted by molar-refractivity contribution is 0.284. The maximum atomic E-state index is 9.28. The zero-order valence-electron chi connectivity index (χ0n) is 17.5. The topological polar surface area (TPSA) is 88.2 Å². The molecule has 0 aliphatic heterocycles. The third-order valence-electron chi connectivity index (χ3n) is 4.80. The lowest BCUT2D eigenvalue weighted by Gasteiger charge is -2.13. The Kier molecular flexibility index (Phi) is 6.98. The average molecular weight is 520 g/mol. The predicted octanol–water partition coefficient (Wildman–Crippen LogP) is 5.71. The smallest absolute Gasteiger partial charge is 0.216 e. The van der Waals surface area contributed by atoms with Gasteiger partial charge in [0.2, 0.25) is 4.77 Å². The lowest BCUT2D eigenvalue weighted by atomic mass is 10.1. The Morgan fingerprint density at radius 1 is 1.15 bits per heavy atom. The maximum absolute atomic E-state index is 9.28. The fourth-order valence-corrected chi connectivity index (χ4v) is 3.73. The number of rotatable bonds is 7. The van der Waals surface area contributed by atoms with Crippen LogP contribution in [0.3, 0.4) is 0 Å². The summed E-state index contributed by atoms with van der Waals surface area (Å²) in [6, 6.07) is 22.8. The molecule has 4 rings (SSSR count). The van der Waals surface area contributed by atoms with Gasteiger partial charge in [0.1, 0.15) is 6.61 Å². The molecule has 7 nitrogen and oxygen atoms in total. The van der Waals surface area contributed by atoms with Gasteiger partial charge < -0.3 is 9.47 Å². The highest BCUT2D eigenvalue weighted by molar-refractivity contribution is 9.10. The summed E-state index contributed by atoms with van der Waals surface area (Å²) in [5.41, 5.74) is 3.02. The summed E-state index contributed by atoms with van der Waals surface area (Å²) in [6.45, 7) is 0.241. The van der Waals surface area contributed by atoms with E-state index < -0.39 is 0 Å². The molecule has 4 aromatic rings. The Morgan fingerprint density at radius 3 is 2.67 bits per heavy atom. The number of aromatic nitrogens is 3. The molecule has 0 fully saturated rings. The first kappa shape index (κ1) is 22.5. The Morgan fingerprint density at radius 2 is 1.91 bits per heavy atom. The van der Waals surface area contributed by atoms with Crippen molar-refractivity contribution in [3.8, 4) is 29.0 Å². The standard InChI is InChI=1S/C24H18BrN5O2S/c1-31-21-11-19(14-27-30-23(28-29-24(30)33)16-7-3-2-4-8-16)20(25)12-22(21)32-15-18-10-6-5-9-17(18)13-26/h2-12,14H,15H2,1H3,(H,29,33)/b27-14-. The fraction of sp³-hybridized carbons (Fsp3) is 0.0833. The molecule has 164 valence electrons. The van der Waals surface area contributed by atoms with Crippen molar-refractivity contribution in [2.24, 2.45) is 5.10 Å². The van der Waals surface area contributed by atoms with Crippen LogP contribution >= 0.6 is 28.1 Å². The molecule has 0 radical (unpaired) electrons. The molecule has 33 heavy (non-hydrogen) atoms. The molecule has 9 heteroatoms. The number of H-pyrrole nitrogens is 1. The Hall–Kier alpha value is -3.74. The summed E-state index contributed by atoms with van der Waals surface area (Å²) >= 11 is 8.92. The SMILES string of the molecule is COc1cc(/C=N\n2c(-c3ccccc3)n[nH]c2=S)c(Br)cc1OCc1ccccc1C#N. The summed E-state index contributed by atoms with van der Waals surface area (Å²) < 4.78 is 14.2. The first-order valence-electron chi connectivity index (χ1n) is 9.86. The van der Waals surface area contributed by atoms with E-state index >= 15 is 0 Å². The summed E-state index contributed by atoms with van der Waals surface area (Å²) in [4.78, 5) is 0. The summed E-state index contributed by atoms with van der Waals surface area (Å²) in [7, 11) is 1.57. The van der Waals surface area contributed by atoms with Crippen molar-refractivity contribution in [2.45, 2.75) is 6.61 Å². The molecule has 3 aromatic carbocycles. The molecule has 0 saturated heterocycles. The van der Waals surface area contributed by atoms with Crippen molar-refractivity contribution >= 4 is 34.4 Å². The number of nitriles is 1. The highest BCUT2D eigenvalue weighted by Gasteiger charge is 2.12. The predicted molar refractivity (Wildman–Crippen MR) is 132 cm³/mol. The van der Waals surface area contributed by atoms with Gasteiger partial charge >= 0.3 is 0 Å². The Balaban J connectivity index is 1.61. The van der Waals surface area contributed by atoms with E-state index in [9.17, 15) is 5.26 Å². The fourth-order valence-electron chi connectivity index (χ4n) is 3.13. The monoisotopic (exact) mass is 519 g/mol. The molecule has 0 aliphatic rings. The number of halogens is 1. The zero-order valence-corrected chi connectivity index (χ0v) is 19.9. The van der Waals surface area contributed by atoms with Crippen LogP contribution < -0.4 is 9.47 Å². The molecule has 1 aromatic heterocycles. The minimum atomic E-state index is 0.241. The lowest BCUT2D eigenvalue weighted by Crippen LogP contribution is -2.01. The number of methoxy groups -OCH3 is 1. The Labute approximate surface area is 204 Å².